The van der Waals surface area contributed by atoms with Gasteiger partial charge in [-0.05, 0) is 75.6 Å². The summed E-state index contributed by atoms with van der Waals surface area (Å²) in [6.45, 7) is 11.0. The van der Waals surface area contributed by atoms with Crippen LogP contribution < -0.4 is 5.32 Å². The van der Waals surface area contributed by atoms with Gasteiger partial charge in [0, 0.05) is 25.2 Å². The topological polar surface area (TPSA) is 224 Å². The minimum Gasteiger partial charge on any atom is -0.456 e. The number of carbonyl (C=O) groups excluding carboxylic acids is 5. The number of ether oxygens (including phenoxy) is 5. The Labute approximate surface area is 355 Å². The normalized spacial score (nSPS) is 32.6. The Morgan fingerprint density at radius 3 is 2.10 bits per heavy atom. The third-order valence-corrected chi connectivity index (χ3v) is 13.0. The summed E-state index contributed by atoms with van der Waals surface area (Å²) in [5.41, 5.74) is -10.7. The fraction of sp³-hybridized carbons (Fsp3) is 0.568. The molecule has 18 heteroatoms. The number of alkyl halides is 3. The zero-order chi connectivity index (χ0) is 46.1. The number of halogens is 3. The number of aliphatic hydroxyl groups is 4. The number of hydrogen-bond donors (Lipinski definition) is 5. The fourth-order valence-electron chi connectivity index (χ4n) is 9.78. The lowest BCUT2D eigenvalue weighted by molar-refractivity contribution is -0.346. The molecule has 2 aromatic carbocycles. The molecule has 1 saturated heterocycles. The van der Waals surface area contributed by atoms with Gasteiger partial charge in [0.15, 0.2) is 17.5 Å². The molecule has 11 atom stereocenters. The summed E-state index contributed by atoms with van der Waals surface area (Å²) < 4.78 is 69.7. The number of fused-ring (bicyclic) bond motifs is 5. The Balaban J connectivity index is 1.49. The molecule has 0 spiro atoms. The lowest BCUT2D eigenvalue weighted by Gasteiger charge is -2.67. The first kappa shape index (κ1) is 46.6. The van der Waals surface area contributed by atoms with Crippen LogP contribution in [0.4, 0.5) is 18.0 Å². The van der Waals surface area contributed by atoms with Crippen molar-refractivity contribution in [2.24, 2.45) is 16.7 Å². The maximum Gasteiger partial charge on any atom is 0.416 e. The van der Waals surface area contributed by atoms with Crippen LogP contribution in [-0.4, -0.2) is 110 Å². The number of benzene rings is 2. The first-order valence-electron chi connectivity index (χ1n) is 20.1. The van der Waals surface area contributed by atoms with Crippen LogP contribution in [0.15, 0.2) is 65.7 Å². The molecule has 3 fully saturated rings. The summed E-state index contributed by atoms with van der Waals surface area (Å²) in [4.78, 5) is 69.1. The zero-order valence-corrected chi connectivity index (χ0v) is 35.4. The van der Waals surface area contributed by atoms with E-state index in [2.05, 4.69) is 5.32 Å². The molecule has 1 heterocycles. The van der Waals surface area contributed by atoms with Gasteiger partial charge in [0.1, 0.15) is 35.6 Å². The molecule has 2 aromatic rings. The first-order chi connectivity index (χ1) is 28.6. The van der Waals surface area contributed by atoms with Crippen molar-refractivity contribution >= 4 is 29.8 Å². The molecule has 15 nitrogen and oxygen atoms in total. The molecule has 0 radical (unpaired) electrons. The molecule has 1 amide bonds. The van der Waals surface area contributed by atoms with E-state index in [0.717, 1.165) is 19.1 Å². The molecule has 6 rings (SSSR count). The average Bonchev–Trinajstić information content (AvgIpc) is 3.17. The minimum atomic E-state index is -4.76. The highest BCUT2D eigenvalue weighted by molar-refractivity contribution is 5.94. The number of hydrogen-bond acceptors (Lipinski definition) is 14. The van der Waals surface area contributed by atoms with E-state index in [1.54, 1.807) is 39.0 Å². The molecule has 5 N–H and O–H groups in total. The van der Waals surface area contributed by atoms with E-state index in [0.29, 0.717) is 12.1 Å². The van der Waals surface area contributed by atoms with Gasteiger partial charge in [0.2, 0.25) is 0 Å². The van der Waals surface area contributed by atoms with Crippen LogP contribution in [0.3, 0.4) is 0 Å². The van der Waals surface area contributed by atoms with Crippen LogP contribution in [0.25, 0.3) is 0 Å². The van der Waals surface area contributed by atoms with Gasteiger partial charge in [-0.2, -0.15) is 13.2 Å². The summed E-state index contributed by atoms with van der Waals surface area (Å²) in [5.74, 6) is -6.24. The second-order valence-corrected chi connectivity index (χ2v) is 18.3. The van der Waals surface area contributed by atoms with Gasteiger partial charge >= 0.3 is 30.2 Å². The predicted octanol–water partition coefficient (Wildman–Crippen LogP) is 4.28. The maximum absolute atomic E-state index is 15.0. The van der Waals surface area contributed by atoms with Crippen molar-refractivity contribution in [2.45, 2.75) is 134 Å². The zero-order valence-electron chi connectivity index (χ0n) is 35.4. The standard InChI is InChI=1S/C44H52F3NO14/c1-21-26(59-37(55)32(52)30(23-12-10-9-11-13-23)48-38(56)62-39(3,4)5)19-43(57)35(60-36(54)24-14-16-25(17-15-24)44(45,46)47)33-41(8,34(53)31(51)29(21)40(43,6)7)27(50)18-28-42(33,20-58-28)61-22(2)49/h9-17,26-28,30-33,35,50-52,57H,18-20H2,1-8H3,(H,48,56)/t26-,27-,28+,30-,31+,32+,33-,35-,41+,42-,43+/m0/s1. The van der Waals surface area contributed by atoms with E-state index < -0.39 is 136 Å². The SMILES string of the molecule is CC(=O)O[C@@]12CO[C@@H]1C[C@H](O)[C@@]1(C)C(=O)[C@H](O)C3=C(C)[C@@H](OC(=O)[C@H](O)[C@@H](NC(=O)OC(C)(C)C)c4ccccc4)C[C@@](O)([C@@H](OC(=O)c4ccc(C(F)(F)F)cc4)[C@H]21)C3(C)C. The summed E-state index contributed by atoms with van der Waals surface area (Å²) in [6.07, 6.45) is -17.4. The maximum atomic E-state index is 15.0. The first-order valence-corrected chi connectivity index (χ1v) is 20.1. The third-order valence-electron chi connectivity index (χ3n) is 13.0. The number of aliphatic hydroxyl groups excluding tert-OH is 3. The van der Waals surface area contributed by atoms with Gasteiger partial charge in [0.05, 0.1) is 41.2 Å². The molecule has 4 aliphatic rings. The van der Waals surface area contributed by atoms with Crippen molar-refractivity contribution in [3.8, 4) is 0 Å². The van der Waals surface area contributed by atoms with E-state index in [1.165, 1.54) is 39.8 Å². The van der Waals surface area contributed by atoms with Gasteiger partial charge in [0.25, 0.3) is 0 Å². The highest BCUT2D eigenvalue weighted by atomic mass is 19.4. The molecule has 338 valence electrons. The second-order valence-electron chi connectivity index (χ2n) is 18.3. The Morgan fingerprint density at radius 1 is 0.952 bits per heavy atom. The van der Waals surface area contributed by atoms with E-state index in [4.69, 9.17) is 23.7 Å². The monoisotopic (exact) mass is 875 g/mol. The van der Waals surface area contributed by atoms with Crippen LogP contribution in [-0.2, 0) is 44.2 Å². The molecular weight excluding hydrogens is 823 g/mol. The summed E-state index contributed by atoms with van der Waals surface area (Å²) in [6, 6.07) is 9.44. The number of alkyl carbamates (subject to hydrolysis) is 1. The molecule has 0 unspecified atom stereocenters. The Kier molecular flexibility index (Phi) is 12.1. The van der Waals surface area contributed by atoms with Gasteiger partial charge in [-0.1, -0.05) is 44.2 Å². The Morgan fingerprint density at radius 2 is 1.56 bits per heavy atom. The highest BCUT2D eigenvalue weighted by Gasteiger charge is 2.78. The van der Waals surface area contributed by atoms with Gasteiger partial charge in [-0.15, -0.1) is 0 Å². The average molecular weight is 876 g/mol. The van der Waals surface area contributed by atoms with Gasteiger partial charge in [-0.3, -0.25) is 9.59 Å². The number of nitrogens with one attached hydrogen (secondary N) is 1. The third kappa shape index (κ3) is 7.88. The Hall–Kier alpha value is -4.88. The van der Waals surface area contributed by atoms with Gasteiger partial charge < -0.3 is 49.4 Å². The largest absolute Gasteiger partial charge is 0.456 e. The summed E-state index contributed by atoms with van der Waals surface area (Å²) in [5, 5.41) is 51.5. The van der Waals surface area contributed by atoms with Crippen molar-refractivity contribution in [2.75, 3.05) is 6.61 Å². The number of ketones is 1. The van der Waals surface area contributed by atoms with Crippen molar-refractivity contribution in [3.63, 3.8) is 0 Å². The van der Waals surface area contributed by atoms with Crippen LogP contribution in [0.1, 0.15) is 95.8 Å². The van der Waals surface area contributed by atoms with E-state index in [1.807, 2.05) is 0 Å². The molecule has 2 bridgehead atoms. The van der Waals surface area contributed by atoms with Crippen LogP contribution >= 0.6 is 0 Å². The number of rotatable bonds is 8. The number of carbonyl (C=O) groups is 5. The fourth-order valence-corrected chi connectivity index (χ4v) is 9.78. The highest BCUT2D eigenvalue weighted by Crippen LogP contribution is 2.64. The summed E-state index contributed by atoms with van der Waals surface area (Å²) in [7, 11) is 0. The summed E-state index contributed by atoms with van der Waals surface area (Å²) >= 11 is 0. The minimum absolute atomic E-state index is 0.0529. The van der Waals surface area contributed by atoms with Gasteiger partial charge in [-0.25, -0.2) is 14.4 Å². The smallest absolute Gasteiger partial charge is 0.416 e. The number of Topliss-reactive ketones (excluding diaryl/α,β-unsaturated/α-hetero) is 1. The molecule has 1 aliphatic heterocycles. The van der Waals surface area contributed by atoms with Crippen molar-refractivity contribution in [1.82, 2.24) is 5.32 Å². The van der Waals surface area contributed by atoms with E-state index in [9.17, 15) is 57.6 Å². The second kappa shape index (κ2) is 16.0. The van der Waals surface area contributed by atoms with Crippen LogP contribution in [0.5, 0.6) is 0 Å². The van der Waals surface area contributed by atoms with E-state index in [-0.39, 0.29) is 23.1 Å². The lowest BCUT2D eigenvalue weighted by Crippen LogP contribution is -2.81. The Bertz CT molecular complexity index is 2140. The quantitative estimate of drug-likeness (QED) is 0.142. The number of esters is 3. The molecule has 62 heavy (non-hydrogen) atoms. The molecule has 3 aliphatic carbocycles. The molecular formula is C44H52F3NO14. The van der Waals surface area contributed by atoms with E-state index >= 15 is 0 Å². The molecule has 2 saturated carbocycles. The van der Waals surface area contributed by atoms with Crippen LogP contribution in [0.2, 0.25) is 0 Å². The van der Waals surface area contributed by atoms with Crippen molar-refractivity contribution in [3.05, 3.63) is 82.4 Å². The predicted molar refractivity (Wildman–Crippen MR) is 209 cm³/mol. The molecule has 0 aromatic heterocycles. The number of amides is 1. The lowest BCUT2D eigenvalue weighted by atomic mass is 9.44. The van der Waals surface area contributed by atoms with Crippen molar-refractivity contribution < 1.29 is 81.3 Å². The van der Waals surface area contributed by atoms with Crippen molar-refractivity contribution in [1.29, 1.82) is 0 Å². The van der Waals surface area contributed by atoms with Crippen LogP contribution in [0, 0.1) is 16.7 Å².